The van der Waals surface area contributed by atoms with E-state index in [-0.39, 0.29) is 6.61 Å². The summed E-state index contributed by atoms with van der Waals surface area (Å²) >= 11 is 0. The summed E-state index contributed by atoms with van der Waals surface area (Å²) in [6, 6.07) is -1.00. The second-order valence-corrected chi connectivity index (χ2v) is 16.3. The van der Waals surface area contributed by atoms with Crippen molar-refractivity contribution >= 4 is 5.91 Å². The molecule has 0 aromatic carbocycles. The molecule has 7 N–H and O–H groups in total. The van der Waals surface area contributed by atoms with Crippen LogP contribution in [0.4, 0.5) is 0 Å². The van der Waals surface area contributed by atoms with Crippen molar-refractivity contribution in [1.29, 1.82) is 0 Å². The molecule has 1 heterocycles. The summed E-state index contributed by atoms with van der Waals surface area (Å²) in [5, 5.41) is 64.5. The lowest BCUT2D eigenvalue weighted by Crippen LogP contribution is -2.60. The molecule has 1 aliphatic heterocycles. The minimum absolute atomic E-state index is 0.292. The largest absolute Gasteiger partial charge is 0.394 e. The average Bonchev–Trinajstić information content (AvgIpc) is 3.22. The molecule has 1 rings (SSSR count). The van der Waals surface area contributed by atoms with E-state index < -0.39 is 61.5 Å². The highest BCUT2D eigenvalue weighted by atomic mass is 16.7. The normalized spacial score (nSPS) is 21.8. The van der Waals surface area contributed by atoms with Crippen LogP contribution in [0.3, 0.4) is 0 Å². The molecule has 1 amide bonds. The molecule has 8 atom stereocenters. The molecule has 0 aromatic rings. The van der Waals surface area contributed by atoms with Crippen LogP contribution in [0.1, 0.15) is 187 Å². The Morgan fingerprint density at radius 1 is 0.586 bits per heavy atom. The van der Waals surface area contributed by atoms with Gasteiger partial charge in [-0.2, -0.15) is 0 Å². The quantitative estimate of drug-likeness (QED) is 0.0238. The lowest BCUT2D eigenvalue weighted by atomic mass is 9.99. The fourth-order valence-corrected chi connectivity index (χ4v) is 7.08. The highest BCUT2D eigenvalue weighted by molar-refractivity contribution is 5.80. The molecule has 0 aromatic heterocycles. The predicted molar refractivity (Wildman–Crippen MR) is 236 cm³/mol. The Labute approximate surface area is 353 Å². The fourth-order valence-electron chi connectivity index (χ4n) is 7.08. The van der Waals surface area contributed by atoms with E-state index in [1.807, 2.05) is 6.08 Å². The van der Waals surface area contributed by atoms with Crippen LogP contribution in [0.25, 0.3) is 0 Å². The van der Waals surface area contributed by atoms with E-state index in [1.54, 1.807) is 6.08 Å². The number of aliphatic hydroxyl groups is 6. The second kappa shape index (κ2) is 38.1. The number of allylic oxidation sites excluding steroid dienone is 7. The molecule has 10 heteroatoms. The molecular formula is C48H87NO9. The molecule has 1 aliphatic rings. The highest BCUT2D eigenvalue weighted by Gasteiger charge is 2.44. The molecule has 0 radical (unpaired) electrons. The van der Waals surface area contributed by atoms with Gasteiger partial charge in [0.25, 0.3) is 0 Å². The van der Waals surface area contributed by atoms with E-state index in [1.165, 1.54) is 96.3 Å². The smallest absolute Gasteiger partial charge is 0.249 e. The van der Waals surface area contributed by atoms with E-state index in [9.17, 15) is 35.4 Å². The third-order valence-electron chi connectivity index (χ3n) is 10.9. The van der Waals surface area contributed by atoms with Gasteiger partial charge < -0.3 is 45.4 Å². The van der Waals surface area contributed by atoms with Gasteiger partial charge in [0.15, 0.2) is 6.29 Å². The first-order chi connectivity index (χ1) is 28.3. The number of hydrogen-bond donors (Lipinski definition) is 7. The molecular weight excluding hydrogens is 735 g/mol. The Morgan fingerprint density at radius 3 is 1.57 bits per heavy atom. The van der Waals surface area contributed by atoms with E-state index in [0.717, 1.165) is 57.8 Å². The van der Waals surface area contributed by atoms with Gasteiger partial charge in [-0.25, -0.2) is 0 Å². The van der Waals surface area contributed by atoms with Crippen molar-refractivity contribution < 1.29 is 44.9 Å². The van der Waals surface area contributed by atoms with Gasteiger partial charge in [-0.3, -0.25) is 4.79 Å². The van der Waals surface area contributed by atoms with E-state index >= 15 is 0 Å². The predicted octanol–water partition coefficient (Wildman–Crippen LogP) is 8.81. The molecule has 1 saturated heterocycles. The van der Waals surface area contributed by atoms with Crippen LogP contribution in [-0.4, -0.2) is 98.7 Å². The Kier molecular flexibility index (Phi) is 35.5. The molecule has 10 nitrogen and oxygen atoms in total. The Hall–Kier alpha value is -1.89. The number of amides is 1. The molecule has 0 saturated carbocycles. The minimum Gasteiger partial charge on any atom is -0.394 e. The Balaban J connectivity index is 2.35. The molecule has 58 heavy (non-hydrogen) atoms. The second-order valence-electron chi connectivity index (χ2n) is 16.3. The SMILES string of the molecule is CCC/C=C/CC/C=C/CC/C=C/C(O)C(COC1OC(CO)C(O)C(O)C1O)NC(=O)C(O)CCCCCCCC/C=C\CCCCCCCCCCCCCC. The van der Waals surface area contributed by atoms with E-state index in [0.29, 0.717) is 19.3 Å². The van der Waals surface area contributed by atoms with Crippen LogP contribution < -0.4 is 5.32 Å². The fraction of sp³-hybridized carbons (Fsp3) is 0.812. The lowest BCUT2D eigenvalue weighted by molar-refractivity contribution is -0.302. The molecule has 0 aliphatic carbocycles. The van der Waals surface area contributed by atoms with Crippen LogP contribution in [0.2, 0.25) is 0 Å². The molecule has 1 fully saturated rings. The van der Waals surface area contributed by atoms with Gasteiger partial charge in [-0.05, 0) is 64.2 Å². The van der Waals surface area contributed by atoms with Crippen LogP contribution in [0.5, 0.6) is 0 Å². The minimum atomic E-state index is -1.62. The van der Waals surface area contributed by atoms with Crippen LogP contribution in [-0.2, 0) is 14.3 Å². The zero-order valence-electron chi connectivity index (χ0n) is 36.7. The van der Waals surface area contributed by atoms with Gasteiger partial charge in [0.05, 0.1) is 25.4 Å². The van der Waals surface area contributed by atoms with Gasteiger partial charge >= 0.3 is 0 Å². The monoisotopic (exact) mass is 822 g/mol. The average molecular weight is 822 g/mol. The van der Waals surface area contributed by atoms with E-state index in [4.69, 9.17) is 9.47 Å². The first-order valence-electron chi connectivity index (χ1n) is 23.5. The van der Waals surface area contributed by atoms with Crippen molar-refractivity contribution in [3.05, 3.63) is 48.6 Å². The van der Waals surface area contributed by atoms with Crippen LogP contribution in [0.15, 0.2) is 48.6 Å². The maximum Gasteiger partial charge on any atom is 0.249 e. The number of aliphatic hydroxyl groups excluding tert-OH is 6. The van der Waals surface area contributed by atoms with Crippen molar-refractivity contribution in [3.8, 4) is 0 Å². The first-order valence-corrected chi connectivity index (χ1v) is 23.5. The zero-order chi connectivity index (χ0) is 42.5. The molecule has 338 valence electrons. The summed E-state index contributed by atoms with van der Waals surface area (Å²) in [6.45, 7) is 3.50. The van der Waals surface area contributed by atoms with Gasteiger partial charge in [0.1, 0.15) is 30.5 Å². The van der Waals surface area contributed by atoms with Crippen molar-refractivity contribution in [3.63, 3.8) is 0 Å². The lowest BCUT2D eigenvalue weighted by Gasteiger charge is -2.40. The Morgan fingerprint density at radius 2 is 1.05 bits per heavy atom. The Bertz CT molecular complexity index is 1060. The van der Waals surface area contributed by atoms with Crippen molar-refractivity contribution in [2.24, 2.45) is 0 Å². The number of nitrogens with one attached hydrogen (secondary N) is 1. The summed E-state index contributed by atoms with van der Waals surface area (Å²) in [7, 11) is 0. The van der Waals surface area contributed by atoms with Gasteiger partial charge in [-0.15, -0.1) is 0 Å². The highest BCUT2D eigenvalue weighted by Crippen LogP contribution is 2.22. The van der Waals surface area contributed by atoms with Crippen molar-refractivity contribution in [2.45, 2.75) is 236 Å². The summed E-state index contributed by atoms with van der Waals surface area (Å²) in [5.41, 5.74) is 0. The maximum atomic E-state index is 13.0. The standard InChI is InChI=1S/C48H87NO9/c1-3-5-7-9-11-13-15-16-17-18-19-20-21-22-23-24-25-27-29-31-33-35-37-42(52)47(56)49-40(39-57-48-46(55)45(54)44(53)43(38-50)58-48)41(51)36-34-32-30-28-26-14-12-10-8-6-4-2/h8,10,22-23,26,28,34,36,40-46,48,50-55H,3-7,9,11-21,24-25,27,29-33,35,37-39H2,1-2H3,(H,49,56)/b10-8+,23-22-,28-26+,36-34+. The van der Waals surface area contributed by atoms with Crippen molar-refractivity contribution in [1.82, 2.24) is 5.32 Å². The number of rotatable bonds is 38. The number of carbonyl (C=O) groups is 1. The van der Waals surface area contributed by atoms with Gasteiger partial charge in [0, 0.05) is 0 Å². The number of ether oxygens (including phenoxy) is 2. The summed E-state index contributed by atoms with van der Waals surface area (Å²) < 4.78 is 11.1. The number of unbranched alkanes of at least 4 members (excludes halogenated alkanes) is 21. The topological polar surface area (TPSA) is 169 Å². The molecule has 0 spiro atoms. The third kappa shape index (κ3) is 27.8. The summed E-state index contributed by atoms with van der Waals surface area (Å²) in [5.74, 6) is -0.638. The summed E-state index contributed by atoms with van der Waals surface area (Å²) in [6.07, 6.45) is 37.9. The van der Waals surface area contributed by atoms with Gasteiger partial charge in [-0.1, -0.05) is 172 Å². The summed E-state index contributed by atoms with van der Waals surface area (Å²) in [4.78, 5) is 13.0. The van der Waals surface area contributed by atoms with Crippen LogP contribution in [0, 0.1) is 0 Å². The molecule has 0 bridgehead atoms. The number of carbonyl (C=O) groups excluding carboxylic acids is 1. The first kappa shape index (κ1) is 54.1. The maximum absolute atomic E-state index is 13.0. The molecule has 8 unspecified atom stereocenters. The van der Waals surface area contributed by atoms with Gasteiger partial charge in [0.2, 0.25) is 5.91 Å². The van der Waals surface area contributed by atoms with Crippen molar-refractivity contribution in [2.75, 3.05) is 13.2 Å². The van der Waals surface area contributed by atoms with Crippen LogP contribution >= 0.6 is 0 Å². The number of hydrogen-bond acceptors (Lipinski definition) is 9. The third-order valence-corrected chi connectivity index (χ3v) is 10.9. The van der Waals surface area contributed by atoms with E-state index in [2.05, 4.69) is 55.6 Å². The zero-order valence-corrected chi connectivity index (χ0v) is 36.7.